The zero-order valence-corrected chi connectivity index (χ0v) is 33.3. The molecule has 0 aliphatic carbocycles. The van der Waals surface area contributed by atoms with Crippen LogP contribution in [0.5, 0.6) is 0 Å². The van der Waals surface area contributed by atoms with Crippen molar-refractivity contribution < 1.29 is 34.4 Å². The molecule has 3 aromatic rings. The van der Waals surface area contributed by atoms with Gasteiger partial charge in [-0.15, -0.1) is 0 Å². The molecule has 13 nitrogen and oxygen atoms in total. The quantitative estimate of drug-likeness (QED) is 0.200. The number of nitrogens with zero attached hydrogens (tertiary/aromatic N) is 6. The third-order valence-corrected chi connectivity index (χ3v) is 16.2. The molecule has 3 aliphatic rings. The van der Waals surface area contributed by atoms with Crippen LogP contribution in [0.15, 0.2) is 72.8 Å². The summed E-state index contributed by atoms with van der Waals surface area (Å²) in [4.78, 5) is 0. The Kier molecular flexibility index (Phi) is 8.34. The normalized spacial score (nSPS) is 22.7. The summed E-state index contributed by atoms with van der Waals surface area (Å²) in [6, 6.07) is 19.3. The molecule has 0 saturated carbocycles. The van der Waals surface area contributed by atoms with E-state index >= 15 is 4.57 Å². The Hall–Kier alpha value is -4.42. The predicted octanol–water partition coefficient (Wildman–Crippen LogP) is 4.75. The van der Waals surface area contributed by atoms with Gasteiger partial charge in [0.1, 0.15) is 16.6 Å². The summed E-state index contributed by atoms with van der Waals surface area (Å²) in [5.41, 5.74) is -5.07. The van der Waals surface area contributed by atoms with Gasteiger partial charge >= 0.3 is 17.5 Å². The lowest BCUT2D eigenvalue weighted by Gasteiger charge is -2.32. The number of benzene rings is 3. The Morgan fingerprint density at radius 1 is 0.415 bits per heavy atom. The minimum atomic E-state index is -3.75. The van der Waals surface area contributed by atoms with E-state index in [1.807, 2.05) is 0 Å². The molecule has 3 heterocycles. The van der Waals surface area contributed by atoms with Gasteiger partial charge in [0.25, 0.3) is 0 Å². The van der Waals surface area contributed by atoms with Crippen molar-refractivity contribution in [3.05, 3.63) is 105 Å². The Bertz CT molecular complexity index is 1890. The summed E-state index contributed by atoms with van der Waals surface area (Å²) < 4.78 is 17.8. The maximum atomic E-state index is 15.7. The molecule has 0 atom stereocenters. The molecular weight excluding hydrogens is 695 g/mol. The number of hydroxylamine groups is 9. The Morgan fingerprint density at radius 3 is 0.755 bits per heavy atom. The first-order valence-electron chi connectivity index (χ1n) is 17.6. The largest absolute Gasteiger partial charge is 0.714 e. The van der Waals surface area contributed by atoms with Crippen molar-refractivity contribution in [2.24, 2.45) is 0 Å². The smallest absolute Gasteiger partial charge is 0.316 e. The van der Waals surface area contributed by atoms with Gasteiger partial charge in [-0.3, -0.25) is 14.2 Å². The van der Waals surface area contributed by atoms with Crippen molar-refractivity contribution >= 4 is 40.6 Å². The SMILES string of the molecule is CC1(C)N([O])C(c2ccc(P(=O)(c3ccc(C4=[N+]([O-])C(C)(C)C(C)(C)N4[O])cc3)c3ccc(C4=[N+]([O-])C(C)(C)C(C)(C)N4[O])cc3)cc2)=[N+]([O-])C1(C)C. The molecule has 0 fully saturated rings. The van der Waals surface area contributed by atoms with Crippen molar-refractivity contribution in [2.75, 3.05) is 0 Å². The molecule has 6 rings (SSSR count). The van der Waals surface area contributed by atoms with E-state index in [0.717, 1.165) is 29.4 Å². The van der Waals surface area contributed by atoms with Crippen LogP contribution in [0, 0.1) is 15.6 Å². The Labute approximate surface area is 311 Å². The highest BCUT2D eigenvalue weighted by Crippen LogP contribution is 2.45. The average Bonchev–Trinajstić information content (AvgIpc) is 3.37. The second-order valence-electron chi connectivity index (χ2n) is 17.3. The van der Waals surface area contributed by atoms with Gasteiger partial charge < -0.3 is 20.2 Å². The molecule has 0 spiro atoms. The second-order valence-corrected chi connectivity index (χ2v) is 20.1. The van der Waals surface area contributed by atoms with Gasteiger partial charge in [0, 0.05) is 31.5 Å². The summed E-state index contributed by atoms with van der Waals surface area (Å²) >= 11 is 0. The molecule has 14 heteroatoms. The van der Waals surface area contributed by atoms with Gasteiger partial charge in [-0.05, 0) is 156 Å². The minimum Gasteiger partial charge on any atom is -0.714 e. The maximum Gasteiger partial charge on any atom is 0.316 e. The Balaban J connectivity index is 1.48. The molecule has 0 saturated heterocycles. The van der Waals surface area contributed by atoms with E-state index in [1.54, 1.807) is 156 Å². The van der Waals surface area contributed by atoms with Crippen LogP contribution in [-0.4, -0.2) is 80.1 Å². The van der Waals surface area contributed by atoms with E-state index in [0.29, 0.717) is 32.6 Å². The third kappa shape index (κ3) is 4.86. The summed E-state index contributed by atoms with van der Waals surface area (Å²) in [5, 5.41) is 83.6. The predicted molar refractivity (Wildman–Crippen MR) is 201 cm³/mol. The highest BCUT2D eigenvalue weighted by atomic mass is 31.2. The number of hydrogen-bond donors (Lipinski definition) is 0. The molecular formula is C39H48N6O7P. The van der Waals surface area contributed by atoms with Gasteiger partial charge in [-0.1, -0.05) is 15.2 Å². The van der Waals surface area contributed by atoms with Crippen LogP contribution < -0.4 is 15.9 Å². The van der Waals surface area contributed by atoms with Crippen molar-refractivity contribution in [2.45, 2.75) is 116 Å². The van der Waals surface area contributed by atoms with Crippen molar-refractivity contribution in [3.8, 4) is 0 Å². The summed E-state index contributed by atoms with van der Waals surface area (Å²) in [6.45, 7) is 20.5. The highest BCUT2D eigenvalue weighted by molar-refractivity contribution is 7.85. The van der Waals surface area contributed by atoms with Gasteiger partial charge in [-0.25, -0.2) is 0 Å². The van der Waals surface area contributed by atoms with Gasteiger partial charge in [0.15, 0.2) is 23.8 Å². The molecule has 0 amide bonds. The fraction of sp³-hybridized carbons (Fsp3) is 0.462. The molecule has 3 radical (unpaired) electrons. The summed E-state index contributed by atoms with van der Waals surface area (Å²) in [7, 11) is -3.75. The molecule has 3 aromatic carbocycles. The number of rotatable bonds is 6. The topological polar surface area (TPSA) is 165 Å². The third-order valence-electron chi connectivity index (χ3n) is 13.2. The summed E-state index contributed by atoms with van der Waals surface area (Å²) in [5.74, 6) is -0.159. The first kappa shape index (κ1) is 38.3. The van der Waals surface area contributed by atoms with Crippen molar-refractivity contribution in [3.63, 3.8) is 0 Å². The zero-order chi connectivity index (χ0) is 39.6. The van der Waals surface area contributed by atoms with E-state index in [9.17, 15) is 31.2 Å². The van der Waals surface area contributed by atoms with E-state index in [2.05, 4.69) is 0 Å². The van der Waals surface area contributed by atoms with Gasteiger partial charge in [-0.2, -0.15) is 0 Å². The monoisotopic (exact) mass is 743 g/mol. The van der Waals surface area contributed by atoms with Crippen LogP contribution in [0.4, 0.5) is 0 Å². The fourth-order valence-corrected chi connectivity index (χ4v) is 9.54. The minimum absolute atomic E-state index is 0.0531. The van der Waals surface area contributed by atoms with Crippen LogP contribution >= 0.6 is 7.14 Å². The zero-order valence-electron chi connectivity index (χ0n) is 32.4. The molecule has 0 N–H and O–H groups in total. The lowest BCUT2D eigenvalue weighted by molar-refractivity contribution is -0.539. The summed E-state index contributed by atoms with van der Waals surface area (Å²) in [6.07, 6.45) is 0. The molecule has 3 aliphatic heterocycles. The molecule has 53 heavy (non-hydrogen) atoms. The second kappa shape index (κ2) is 11.5. The standard InChI is InChI=1S/C39H48N6O7P/c1-34(2)35(3,4)41(47)31(40(34)46)25-13-19-28(20-14-25)53(52,29-21-15-26(16-22-29)32-42(48)36(5,6)37(7,8)43(32)49)30-23-17-27(18-24-30)33-44(50)38(9,10)39(11,12)45(33)51/h13-24H,1-12H3. The molecule has 0 aromatic heterocycles. The Morgan fingerprint density at radius 2 is 0.604 bits per heavy atom. The molecule has 0 bridgehead atoms. The number of amidine groups is 3. The van der Waals surface area contributed by atoms with Crippen LogP contribution in [0.1, 0.15) is 99.8 Å². The van der Waals surface area contributed by atoms with E-state index in [4.69, 9.17) is 0 Å². The van der Waals surface area contributed by atoms with Gasteiger partial charge in [0.2, 0.25) is 0 Å². The fourth-order valence-electron chi connectivity index (χ4n) is 6.94. The van der Waals surface area contributed by atoms with Crippen LogP contribution in [-0.2, 0) is 20.2 Å². The van der Waals surface area contributed by atoms with Gasteiger partial charge in [0.05, 0.1) is 16.7 Å². The lowest BCUT2D eigenvalue weighted by atomic mass is 9.84. The maximum absolute atomic E-state index is 15.7. The van der Waals surface area contributed by atoms with E-state index in [1.165, 1.54) is 0 Å². The van der Waals surface area contributed by atoms with E-state index in [-0.39, 0.29) is 17.5 Å². The van der Waals surface area contributed by atoms with Crippen LogP contribution in [0.2, 0.25) is 0 Å². The molecule has 0 unspecified atom stereocenters. The number of hydrogen-bond acceptors (Lipinski definition) is 7. The van der Waals surface area contributed by atoms with Crippen LogP contribution in [0.25, 0.3) is 0 Å². The first-order valence-corrected chi connectivity index (χ1v) is 19.3. The van der Waals surface area contributed by atoms with Crippen molar-refractivity contribution in [1.29, 1.82) is 0 Å². The van der Waals surface area contributed by atoms with Crippen LogP contribution in [0.3, 0.4) is 0 Å². The highest BCUT2D eigenvalue weighted by Gasteiger charge is 2.62. The first-order chi connectivity index (χ1) is 24.2. The lowest BCUT2D eigenvalue weighted by Crippen LogP contribution is -2.53. The molecule has 281 valence electrons. The van der Waals surface area contributed by atoms with Crippen molar-refractivity contribution in [1.82, 2.24) is 15.2 Å². The average molecular weight is 744 g/mol. The van der Waals surface area contributed by atoms with E-state index < -0.39 is 40.4 Å².